The average Bonchev–Trinajstić information content (AvgIpc) is 3.21. The van der Waals surface area contributed by atoms with Gasteiger partial charge in [-0.1, -0.05) is 13.0 Å². The summed E-state index contributed by atoms with van der Waals surface area (Å²) < 4.78 is 26.6. The Morgan fingerprint density at radius 3 is 2.27 bits per heavy atom. The van der Waals surface area contributed by atoms with Crippen LogP contribution in [-0.4, -0.2) is 45.2 Å². The summed E-state index contributed by atoms with van der Waals surface area (Å²) in [4.78, 5) is 14.3. The minimum absolute atomic E-state index is 0.0814. The van der Waals surface area contributed by atoms with Gasteiger partial charge in [-0.3, -0.25) is 0 Å². The Hall–Kier alpha value is -1.60. The molecule has 3 rings (SSSR count). The Balaban J connectivity index is 1.67. The van der Waals surface area contributed by atoms with Gasteiger partial charge in [0.15, 0.2) is 0 Å². The van der Waals surface area contributed by atoms with Crippen LogP contribution in [0.2, 0.25) is 0 Å². The van der Waals surface area contributed by atoms with Crippen LogP contribution in [0.5, 0.6) is 0 Å². The number of urea groups is 1. The van der Waals surface area contributed by atoms with Gasteiger partial charge in [-0.25, -0.2) is 17.9 Å². The van der Waals surface area contributed by atoms with Gasteiger partial charge in [0, 0.05) is 12.2 Å². The number of carbonyl (C=O) groups is 1. The van der Waals surface area contributed by atoms with Crippen LogP contribution >= 0.6 is 0 Å². The van der Waals surface area contributed by atoms with Gasteiger partial charge >= 0.3 is 6.03 Å². The van der Waals surface area contributed by atoms with Crippen molar-refractivity contribution in [2.45, 2.75) is 51.9 Å². The Morgan fingerprint density at radius 1 is 1.08 bits per heavy atom. The van der Waals surface area contributed by atoms with E-state index in [2.05, 4.69) is 16.1 Å². The molecule has 0 heterocycles. The molecule has 0 fully saturated rings. The molecule has 1 aromatic rings. The molecule has 0 radical (unpaired) electrons. The van der Waals surface area contributed by atoms with E-state index in [1.54, 1.807) is 0 Å². The number of anilines is 1. The number of fused-ring (bicyclic) bond motifs is 2. The lowest BCUT2D eigenvalue weighted by molar-refractivity contribution is 0.256. The van der Waals surface area contributed by atoms with E-state index < -0.39 is 16.1 Å². The molecule has 2 N–H and O–H groups in total. The first-order valence-electron chi connectivity index (χ1n) is 9.56. The van der Waals surface area contributed by atoms with Crippen LogP contribution in [0.3, 0.4) is 0 Å². The summed E-state index contributed by atoms with van der Waals surface area (Å²) in [6.07, 6.45) is 7.14. The maximum atomic E-state index is 12.4. The number of amides is 2. The molecular weight excluding hydrogens is 350 g/mol. The van der Waals surface area contributed by atoms with E-state index in [-0.39, 0.29) is 5.75 Å². The monoisotopic (exact) mass is 379 g/mol. The molecule has 0 bridgehead atoms. The van der Waals surface area contributed by atoms with Crippen LogP contribution in [0.15, 0.2) is 6.07 Å². The second kappa shape index (κ2) is 7.96. The van der Waals surface area contributed by atoms with Crippen LogP contribution in [0.4, 0.5) is 10.5 Å². The highest BCUT2D eigenvalue weighted by atomic mass is 32.2. The van der Waals surface area contributed by atoms with Crippen molar-refractivity contribution in [1.29, 1.82) is 0 Å². The molecule has 0 aromatic heterocycles. The molecule has 1 aromatic carbocycles. The van der Waals surface area contributed by atoms with Crippen molar-refractivity contribution in [1.82, 2.24) is 9.62 Å². The summed E-state index contributed by atoms with van der Waals surface area (Å²) in [5, 5.41) is 2.87. The summed E-state index contributed by atoms with van der Waals surface area (Å²) >= 11 is 0. The maximum absolute atomic E-state index is 12.4. The lowest BCUT2D eigenvalue weighted by Gasteiger charge is -2.18. The highest BCUT2D eigenvalue weighted by Gasteiger charge is 2.26. The average molecular weight is 380 g/mol. The minimum Gasteiger partial charge on any atom is -0.307 e. The number of hydrogen-bond donors (Lipinski definition) is 2. The van der Waals surface area contributed by atoms with Gasteiger partial charge in [-0.05, 0) is 80.8 Å². The van der Waals surface area contributed by atoms with Gasteiger partial charge in [0.1, 0.15) is 0 Å². The van der Waals surface area contributed by atoms with Crippen molar-refractivity contribution in [3.05, 3.63) is 28.3 Å². The van der Waals surface area contributed by atoms with Gasteiger partial charge < -0.3 is 10.2 Å². The van der Waals surface area contributed by atoms with Crippen LogP contribution in [0.1, 0.15) is 48.4 Å². The van der Waals surface area contributed by atoms with E-state index in [0.29, 0.717) is 6.54 Å². The van der Waals surface area contributed by atoms with Gasteiger partial charge in [0.05, 0.1) is 5.75 Å². The van der Waals surface area contributed by atoms with Gasteiger partial charge in [0.2, 0.25) is 10.0 Å². The van der Waals surface area contributed by atoms with Crippen molar-refractivity contribution in [3.63, 3.8) is 0 Å². The topological polar surface area (TPSA) is 78.5 Å². The zero-order chi connectivity index (χ0) is 18.7. The van der Waals surface area contributed by atoms with Crippen molar-refractivity contribution in [2.75, 3.05) is 31.2 Å². The predicted molar refractivity (Wildman–Crippen MR) is 104 cm³/mol. The zero-order valence-corrected chi connectivity index (χ0v) is 16.5. The summed E-state index contributed by atoms with van der Waals surface area (Å²) in [6.45, 7) is 3.30. The molecule has 0 aliphatic heterocycles. The Morgan fingerprint density at radius 2 is 1.69 bits per heavy atom. The maximum Gasteiger partial charge on any atom is 0.332 e. The highest BCUT2D eigenvalue weighted by Crippen LogP contribution is 2.38. The Kier molecular flexibility index (Phi) is 5.87. The third kappa shape index (κ3) is 4.38. The van der Waals surface area contributed by atoms with Crippen molar-refractivity contribution in [3.8, 4) is 0 Å². The van der Waals surface area contributed by atoms with Crippen molar-refractivity contribution in [2.24, 2.45) is 0 Å². The van der Waals surface area contributed by atoms with E-state index in [1.165, 1.54) is 22.3 Å². The quantitative estimate of drug-likeness (QED) is 0.763. The summed E-state index contributed by atoms with van der Waals surface area (Å²) in [5.74, 6) is -0.0814. The van der Waals surface area contributed by atoms with Crippen LogP contribution in [-0.2, 0) is 35.7 Å². The number of sulfonamides is 1. The molecule has 6 nitrogen and oxygen atoms in total. The lowest BCUT2D eigenvalue weighted by atomic mass is 9.99. The molecule has 0 spiro atoms. The smallest absolute Gasteiger partial charge is 0.307 e. The van der Waals surface area contributed by atoms with E-state index >= 15 is 0 Å². The van der Waals surface area contributed by atoms with Crippen LogP contribution in [0.25, 0.3) is 0 Å². The standard InChI is InChI=1S/C19H29N3O3S/c1-3-10-22(2)11-12-26(24,25)21-19(23)20-18-16-8-4-6-14(16)13-15-7-5-9-17(15)18/h13H,3-12H2,1-2H3,(H2,20,21,23). The SMILES string of the molecule is CCCN(C)CCS(=O)(=O)NC(=O)Nc1c2c(cc3c1CCC3)CCC2. The summed E-state index contributed by atoms with van der Waals surface area (Å²) in [6, 6.07) is 1.64. The number of nitrogens with one attached hydrogen (secondary N) is 2. The third-order valence-electron chi connectivity index (χ3n) is 5.31. The van der Waals surface area contributed by atoms with Gasteiger partial charge in [0.25, 0.3) is 0 Å². The Bertz CT molecular complexity index is 757. The van der Waals surface area contributed by atoms with E-state index in [4.69, 9.17) is 0 Å². The highest BCUT2D eigenvalue weighted by molar-refractivity contribution is 7.90. The molecule has 0 atom stereocenters. The first kappa shape index (κ1) is 19.2. The number of hydrogen-bond acceptors (Lipinski definition) is 4. The van der Waals surface area contributed by atoms with Crippen molar-refractivity contribution < 1.29 is 13.2 Å². The third-order valence-corrected chi connectivity index (χ3v) is 6.52. The normalized spacial score (nSPS) is 15.8. The van der Waals surface area contributed by atoms with Crippen molar-refractivity contribution >= 4 is 21.7 Å². The second-order valence-electron chi connectivity index (χ2n) is 7.41. The van der Waals surface area contributed by atoms with Gasteiger partial charge in [-0.15, -0.1) is 0 Å². The molecule has 144 valence electrons. The fourth-order valence-corrected chi connectivity index (χ4v) is 5.06. The molecule has 26 heavy (non-hydrogen) atoms. The number of benzene rings is 1. The van der Waals surface area contributed by atoms with E-state index in [1.807, 2.05) is 18.9 Å². The molecule has 0 saturated heterocycles. The lowest BCUT2D eigenvalue weighted by Crippen LogP contribution is -2.39. The van der Waals surface area contributed by atoms with Crippen LogP contribution < -0.4 is 10.0 Å². The number of nitrogens with zero attached hydrogens (tertiary/aromatic N) is 1. The molecule has 0 saturated carbocycles. The Labute approximate surface area is 156 Å². The molecule has 7 heteroatoms. The van der Waals surface area contributed by atoms with Crippen LogP contribution in [0, 0.1) is 0 Å². The van der Waals surface area contributed by atoms with E-state index in [0.717, 1.165) is 57.2 Å². The molecule has 0 unspecified atom stereocenters. The largest absolute Gasteiger partial charge is 0.332 e. The predicted octanol–water partition coefficient (Wildman–Crippen LogP) is 2.46. The zero-order valence-electron chi connectivity index (χ0n) is 15.7. The first-order valence-corrected chi connectivity index (χ1v) is 11.2. The number of carbonyl (C=O) groups excluding carboxylic acids is 1. The second-order valence-corrected chi connectivity index (χ2v) is 9.25. The molecule has 2 aliphatic rings. The number of rotatable bonds is 7. The summed E-state index contributed by atoms with van der Waals surface area (Å²) in [7, 11) is -1.76. The fraction of sp³-hybridized carbons (Fsp3) is 0.632. The molecular formula is C19H29N3O3S. The summed E-state index contributed by atoms with van der Waals surface area (Å²) in [5.41, 5.74) is 5.88. The van der Waals surface area contributed by atoms with E-state index in [9.17, 15) is 13.2 Å². The first-order chi connectivity index (χ1) is 12.4. The number of aryl methyl sites for hydroxylation is 2. The minimum atomic E-state index is -3.65. The molecule has 2 amide bonds. The fourth-order valence-electron chi connectivity index (χ4n) is 4.07. The van der Waals surface area contributed by atoms with Gasteiger partial charge in [-0.2, -0.15) is 0 Å². The molecule has 2 aliphatic carbocycles.